The Morgan fingerprint density at radius 2 is 2.04 bits per heavy atom. The van der Waals surface area contributed by atoms with E-state index in [-0.39, 0.29) is 24.8 Å². The smallest absolute Gasteiger partial charge is 0.326 e. The highest BCUT2D eigenvalue weighted by Crippen LogP contribution is 2.16. The molecule has 122 valence electrons. The van der Waals surface area contributed by atoms with Crippen molar-refractivity contribution in [3.8, 4) is 0 Å². The van der Waals surface area contributed by atoms with Gasteiger partial charge in [0, 0.05) is 11.8 Å². The molecular weight excluding hydrogens is 314 g/mol. The Bertz CT molecular complexity index is 670. The van der Waals surface area contributed by atoms with Gasteiger partial charge in [0.15, 0.2) is 0 Å². The second kappa shape index (κ2) is 7.85. The number of hydrogen-bond acceptors (Lipinski definition) is 5. The van der Waals surface area contributed by atoms with Crippen molar-refractivity contribution in [3.05, 3.63) is 52.0 Å². The van der Waals surface area contributed by atoms with Gasteiger partial charge in [-0.05, 0) is 12.5 Å². The third-order valence-corrected chi connectivity index (χ3v) is 4.31. The van der Waals surface area contributed by atoms with Crippen LogP contribution in [0, 0.1) is 0 Å². The van der Waals surface area contributed by atoms with Crippen molar-refractivity contribution in [2.24, 2.45) is 5.73 Å². The van der Waals surface area contributed by atoms with Crippen molar-refractivity contribution >= 4 is 23.2 Å². The number of carboxylic acid groups (broad SMARTS) is 1. The van der Waals surface area contributed by atoms with E-state index in [4.69, 9.17) is 5.73 Å². The Kier molecular flexibility index (Phi) is 5.84. The lowest BCUT2D eigenvalue weighted by Crippen LogP contribution is -2.43. The Balaban J connectivity index is 1.96. The number of carboxylic acids is 1. The first-order valence-corrected chi connectivity index (χ1v) is 8.09. The number of hydrogen-bond donors (Lipinski definition) is 3. The van der Waals surface area contributed by atoms with Gasteiger partial charge in [-0.2, -0.15) is 0 Å². The van der Waals surface area contributed by atoms with Gasteiger partial charge in [-0.3, -0.25) is 4.79 Å². The van der Waals surface area contributed by atoms with Crippen molar-refractivity contribution in [1.82, 2.24) is 10.3 Å². The maximum atomic E-state index is 12.1. The second-order valence-corrected chi connectivity index (χ2v) is 6.18. The predicted molar refractivity (Wildman–Crippen MR) is 88.1 cm³/mol. The maximum absolute atomic E-state index is 12.1. The summed E-state index contributed by atoms with van der Waals surface area (Å²) in [6.45, 7) is 1.82. The van der Waals surface area contributed by atoms with Crippen molar-refractivity contribution in [2.75, 3.05) is 0 Å². The predicted octanol–water partition coefficient (Wildman–Crippen LogP) is 1.52. The molecule has 0 spiro atoms. The van der Waals surface area contributed by atoms with E-state index < -0.39 is 12.0 Å². The van der Waals surface area contributed by atoms with Crippen LogP contribution in [-0.4, -0.2) is 28.0 Å². The number of nitrogens with zero attached hydrogens (tertiary/aromatic N) is 1. The lowest BCUT2D eigenvalue weighted by atomic mass is 10.1. The van der Waals surface area contributed by atoms with Gasteiger partial charge in [0.25, 0.3) is 0 Å². The van der Waals surface area contributed by atoms with Gasteiger partial charge in [0.1, 0.15) is 11.0 Å². The summed E-state index contributed by atoms with van der Waals surface area (Å²) in [6.07, 6.45) is 0.284. The van der Waals surface area contributed by atoms with E-state index in [1.165, 1.54) is 11.3 Å². The largest absolute Gasteiger partial charge is 0.480 e. The molecule has 23 heavy (non-hydrogen) atoms. The number of benzene rings is 1. The standard InChI is InChI=1S/C16H19N3O3S/c1-10(17)15-18-12(9-23-15)8-14(20)19-13(16(21)22)7-11-5-3-2-4-6-11/h2-6,9-10,13H,7-8,17H2,1H3,(H,19,20)(H,21,22). The molecule has 2 atom stereocenters. The molecule has 1 heterocycles. The van der Waals surface area contributed by atoms with Crippen LogP contribution in [0.15, 0.2) is 35.7 Å². The van der Waals surface area contributed by atoms with Crippen LogP contribution < -0.4 is 11.1 Å². The molecule has 0 aliphatic heterocycles. The Morgan fingerprint density at radius 3 is 2.61 bits per heavy atom. The van der Waals surface area contributed by atoms with E-state index in [1.54, 1.807) is 5.38 Å². The molecule has 6 nitrogen and oxygen atoms in total. The molecule has 7 heteroatoms. The summed E-state index contributed by atoms with van der Waals surface area (Å²) in [4.78, 5) is 27.7. The fourth-order valence-electron chi connectivity index (χ4n) is 2.07. The Hall–Kier alpha value is -2.25. The lowest BCUT2D eigenvalue weighted by molar-refractivity contribution is -0.141. The van der Waals surface area contributed by atoms with E-state index in [0.717, 1.165) is 10.6 Å². The molecular formula is C16H19N3O3S. The molecule has 2 rings (SSSR count). The minimum absolute atomic E-state index is 0.0434. The number of amides is 1. The van der Waals surface area contributed by atoms with Crippen LogP contribution >= 0.6 is 11.3 Å². The van der Waals surface area contributed by atoms with E-state index in [2.05, 4.69) is 10.3 Å². The zero-order valence-electron chi connectivity index (χ0n) is 12.7. The summed E-state index contributed by atoms with van der Waals surface area (Å²) < 4.78 is 0. The Morgan fingerprint density at radius 1 is 1.35 bits per heavy atom. The van der Waals surface area contributed by atoms with E-state index >= 15 is 0 Å². The van der Waals surface area contributed by atoms with Crippen LogP contribution in [0.4, 0.5) is 0 Å². The average molecular weight is 333 g/mol. The molecule has 0 aliphatic carbocycles. The van der Waals surface area contributed by atoms with Gasteiger partial charge in [-0.15, -0.1) is 11.3 Å². The van der Waals surface area contributed by atoms with E-state index in [1.807, 2.05) is 37.3 Å². The summed E-state index contributed by atoms with van der Waals surface area (Å²) in [5.74, 6) is -1.42. The molecule has 1 aromatic heterocycles. The molecule has 2 unspecified atom stereocenters. The van der Waals surface area contributed by atoms with Crippen LogP contribution in [0.1, 0.15) is 29.2 Å². The van der Waals surface area contributed by atoms with Gasteiger partial charge in [-0.25, -0.2) is 9.78 Å². The fraction of sp³-hybridized carbons (Fsp3) is 0.312. The highest BCUT2D eigenvalue weighted by atomic mass is 32.1. The molecule has 0 radical (unpaired) electrons. The third kappa shape index (κ3) is 5.15. The number of aromatic nitrogens is 1. The first kappa shape index (κ1) is 17.1. The van der Waals surface area contributed by atoms with Crippen molar-refractivity contribution in [1.29, 1.82) is 0 Å². The van der Waals surface area contributed by atoms with Gasteiger partial charge in [0.2, 0.25) is 5.91 Å². The van der Waals surface area contributed by atoms with Crippen LogP contribution in [0.2, 0.25) is 0 Å². The van der Waals surface area contributed by atoms with Crippen LogP contribution in [0.25, 0.3) is 0 Å². The zero-order valence-corrected chi connectivity index (χ0v) is 13.5. The minimum atomic E-state index is -1.06. The van der Waals surface area contributed by atoms with Gasteiger partial charge in [-0.1, -0.05) is 30.3 Å². The number of nitrogens with two attached hydrogens (primary N) is 1. The number of carbonyl (C=O) groups is 2. The average Bonchev–Trinajstić information content (AvgIpc) is 2.96. The first-order chi connectivity index (χ1) is 11.0. The van der Waals surface area contributed by atoms with Crippen LogP contribution in [-0.2, 0) is 22.4 Å². The molecule has 0 aliphatic rings. The number of aliphatic carboxylic acids is 1. The van der Waals surface area contributed by atoms with E-state index in [0.29, 0.717) is 5.69 Å². The minimum Gasteiger partial charge on any atom is -0.480 e. The SMILES string of the molecule is CC(N)c1nc(CC(=O)NC(Cc2ccccc2)C(=O)O)cs1. The fourth-order valence-corrected chi connectivity index (χ4v) is 2.85. The van der Waals surface area contributed by atoms with E-state index in [9.17, 15) is 14.7 Å². The van der Waals surface area contributed by atoms with Crippen LogP contribution in [0.5, 0.6) is 0 Å². The Labute approximate surface area is 138 Å². The van der Waals surface area contributed by atoms with Gasteiger partial charge < -0.3 is 16.2 Å². The molecule has 0 bridgehead atoms. The highest BCUT2D eigenvalue weighted by Gasteiger charge is 2.21. The summed E-state index contributed by atoms with van der Waals surface area (Å²) in [5, 5.41) is 14.4. The normalized spacial score (nSPS) is 13.3. The number of thiazole rings is 1. The highest BCUT2D eigenvalue weighted by molar-refractivity contribution is 7.09. The molecule has 0 fully saturated rings. The second-order valence-electron chi connectivity index (χ2n) is 5.29. The molecule has 2 aromatic rings. The number of carbonyl (C=O) groups excluding carboxylic acids is 1. The maximum Gasteiger partial charge on any atom is 0.326 e. The molecule has 0 saturated carbocycles. The summed E-state index contributed by atoms with van der Waals surface area (Å²) in [7, 11) is 0. The quantitative estimate of drug-likeness (QED) is 0.712. The topological polar surface area (TPSA) is 105 Å². The van der Waals surface area contributed by atoms with Gasteiger partial charge in [0.05, 0.1) is 18.2 Å². The monoisotopic (exact) mass is 333 g/mol. The molecule has 1 amide bonds. The van der Waals surface area contributed by atoms with Crippen molar-refractivity contribution < 1.29 is 14.7 Å². The first-order valence-electron chi connectivity index (χ1n) is 7.21. The summed E-state index contributed by atoms with van der Waals surface area (Å²) >= 11 is 1.40. The van der Waals surface area contributed by atoms with Crippen molar-refractivity contribution in [2.45, 2.75) is 31.8 Å². The summed E-state index contributed by atoms with van der Waals surface area (Å²) in [5.41, 5.74) is 7.19. The third-order valence-electron chi connectivity index (χ3n) is 3.22. The van der Waals surface area contributed by atoms with Crippen molar-refractivity contribution in [3.63, 3.8) is 0 Å². The molecule has 1 aromatic carbocycles. The van der Waals surface area contributed by atoms with Gasteiger partial charge >= 0.3 is 5.97 Å². The zero-order chi connectivity index (χ0) is 16.8. The number of nitrogens with one attached hydrogen (secondary N) is 1. The molecule has 0 saturated heterocycles. The summed E-state index contributed by atoms with van der Waals surface area (Å²) in [6, 6.07) is 8.05. The van der Waals surface area contributed by atoms with Crippen LogP contribution in [0.3, 0.4) is 0 Å². The number of rotatable bonds is 7. The molecule has 4 N–H and O–H groups in total. The lowest BCUT2D eigenvalue weighted by Gasteiger charge is -2.14.